The predicted octanol–water partition coefficient (Wildman–Crippen LogP) is 3.90. The average Bonchev–Trinajstić information content (AvgIpc) is 3.11. The van der Waals surface area contributed by atoms with Crippen molar-refractivity contribution < 1.29 is 12.8 Å². The molecule has 0 bridgehead atoms. The van der Waals surface area contributed by atoms with Crippen molar-refractivity contribution >= 4 is 21.2 Å². The summed E-state index contributed by atoms with van der Waals surface area (Å²) in [5.41, 5.74) is 2.07. The summed E-state index contributed by atoms with van der Waals surface area (Å²) in [5, 5.41) is 0. The van der Waals surface area contributed by atoms with Gasteiger partial charge in [-0.1, -0.05) is 0 Å². The maximum absolute atomic E-state index is 13.1. The predicted molar refractivity (Wildman–Crippen MR) is 114 cm³/mol. The van der Waals surface area contributed by atoms with Crippen LogP contribution in [0.4, 0.5) is 4.39 Å². The van der Waals surface area contributed by atoms with E-state index in [1.165, 1.54) is 12.1 Å². The third-order valence-electron chi connectivity index (χ3n) is 5.60. The van der Waals surface area contributed by atoms with E-state index in [9.17, 15) is 12.8 Å². The molecule has 1 aromatic carbocycles. The number of fused-ring (bicyclic) bond motifs is 1. The van der Waals surface area contributed by atoms with Crippen molar-refractivity contribution in [2.75, 3.05) is 0 Å². The molecule has 0 saturated heterocycles. The van der Waals surface area contributed by atoms with Gasteiger partial charge in [0.2, 0.25) is 10.0 Å². The lowest BCUT2D eigenvalue weighted by atomic mass is 9.86. The van der Waals surface area contributed by atoms with Crippen LogP contribution < -0.4 is 4.72 Å². The fraction of sp³-hybridized carbons (Fsp3) is 0.476. The second-order valence-corrected chi connectivity index (χ2v) is 11.3. The first-order valence-corrected chi connectivity index (χ1v) is 11.6. The van der Waals surface area contributed by atoms with E-state index < -0.39 is 14.8 Å². The van der Waals surface area contributed by atoms with Crippen molar-refractivity contribution in [3.05, 3.63) is 42.1 Å². The van der Waals surface area contributed by atoms with Crippen LogP contribution in [0, 0.1) is 5.82 Å². The first kappa shape index (κ1) is 20.9. The first-order chi connectivity index (χ1) is 14.1. The van der Waals surface area contributed by atoms with Crippen molar-refractivity contribution in [3.63, 3.8) is 0 Å². The fourth-order valence-corrected chi connectivity index (χ4v) is 4.67. The molecule has 0 spiro atoms. The number of hydrogen-bond acceptors (Lipinski definition) is 5. The van der Waals surface area contributed by atoms with Crippen molar-refractivity contribution in [1.29, 1.82) is 0 Å². The fourth-order valence-electron chi connectivity index (χ4n) is 3.64. The van der Waals surface area contributed by atoms with Crippen LogP contribution in [0.5, 0.6) is 0 Å². The molecule has 7 nitrogen and oxygen atoms in total. The minimum atomic E-state index is -3.35. The lowest BCUT2D eigenvalue weighted by Gasteiger charge is -2.30. The van der Waals surface area contributed by atoms with Gasteiger partial charge in [-0.25, -0.2) is 32.5 Å². The Morgan fingerprint density at radius 1 is 1.07 bits per heavy atom. The molecule has 4 rings (SSSR count). The third-order valence-corrected chi connectivity index (χ3v) is 7.86. The molecule has 0 radical (unpaired) electrons. The Kier molecular flexibility index (Phi) is 5.36. The molecule has 1 saturated carbocycles. The molecule has 2 aromatic heterocycles. The first-order valence-electron chi connectivity index (χ1n) is 10.1. The van der Waals surface area contributed by atoms with Crippen LogP contribution >= 0.6 is 0 Å². The molecule has 1 aliphatic carbocycles. The second kappa shape index (κ2) is 7.70. The van der Waals surface area contributed by atoms with Crippen LogP contribution in [0.25, 0.3) is 22.6 Å². The lowest BCUT2D eigenvalue weighted by Crippen LogP contribution is -2.45. The summed E-state index contributed by atoms with van der Waals surface area (Å²) in [6, 6.07) is 6.02. The van der Waals surface area contributed by atoms with E-state index in [2.05, 4.69) is 24.7 Å². The molecule has 3 aromatic rings. The van der Waals surface area contributed by atoms with Gasteiger partial charge in [-0.3, -0.25) is 0 Å². The van der Waals surface area contributed by atoms with Gasteiger partial charge >= 0.3 is 0 Å². The number of halogens is 1. The van der Waals surface area contributed by atoms with Crippen LogP contribution in [-0.4, -0.2) is 39.1 Å². The van der Waals surface area contributed by atoms with Gasteiger partial charge < -0.3 is 4.98 Å². The number of hydrogen-bond donors (Lipinski definition) is 2. The number of aromatic amines is 1. The quantitative estimate of drug-likeness (QED) is 0.652. The standard InChI is InChI=1S/C21H26FN5O2S/c1-21(2,3)30(28,29)27-16-10-6-14(7-11-16)19-24-17-12-23-18(25-20(17)26-19)13-4-8-15(22)9-5-13/h4-5,8-9,12,14,16,27H,6-7,10-11H2,1-3H3,(H,23,24,25,26)/t14-,16+. The molecular formula is C21H26FN5O2S. The van der Waals surface area contributed by atoms with E-state index in [0.29, 0.717) is 17.0 Å². The number of imidazole rings is 1. The summed E-state index contributed by atoms with van der Waals surface area (Å²) in [4.78, 5) is 16.8. The zero-order valence-electron chi connectivity index (χ0n) is 17.3. The van der Waals surface area contributed by atoms with Gasteiger partial charge in [0.05, 0.1) is 10.9 Å². The van der Waals surface area contributed by atoms with Crippen LogP contribution in [0.2, 0.25) is 0 Å². The summed E-state index contributed by atoms with van der Waals surface area (Å²) in [5.74, 6) is 1.29. The molecule has 0 aliphatic heterocycles. The van der Waals surface area contributed by atoms with Crippen molar-refractivity contribution in [1.82, 2.24) is 24.7 Å². The van der Waals surface area contributed by atoms with E-state index >= 15 is 0 Å². The Hall–Kier alpha value is -2.39. The number of aromatic nitrogens is 4. The highest BCUT2D eigenvalue weighted by molar-refractivity contribution is 7.90. The van der Waals surface area contributed by atoms with E-state index in [0.717, 1.165) is 37.1 Å². The number of rotatable bonds is 4. The Bertz CT molecular complexity index is 1140. The number of sulfonamides is 1. The van der Waals surface area contributed by atoms with Gasteiger partial charge in [-0.15, -0.1) is 0 Å². The van der Waals surface area contributed by atoms with E-state index in [1.54, 1.807) is 39.1 Å². The maximum Gasteiger partial charge on any atom is 0.216 e. The molecule has 2 heterocycles. The summed E-state index contributed by atoms with van der Waals surface area (Å²) in [6.45, 7) is 5.11. The molecule has 1 aliphatic rings. The maximum atomic E-state index is 13.1. The Morgan fingerprint density at radius 3 is 2.37 bits per heavy atom. The number of nitrogens with zero attached hydrogens (tertiary/aromatic N) is 3. The molecule has 30 heavy (non-hydrogen) atoms. The summed E-state index contributed by atoms with van der Waals surface area (Å²) >= 11 is 0. The van der Waals surface area contributed by atoms with Gasteiger partial charge in [0.15, 0.2) is 11.5 Å². The van der Waals surface area contributed by atoms with Crippen LogP contribution in [0.3, 0.4) is 0 Å². The number of benzene rings is 1. The van der Waals surface area contributed by atoms with E-state index in [4.69, 9.17) is 0 Å². The highest BCUT2D eigenvalue weighted by Gasteiger charge is 2.33. The highest BCUT2D eigenvalue weighted by atomic mass is 32.2. The zero-order valence-corrected chi connectivity index (χ0v) is 18.1. The zero-order chi connectivity index (χ0) is 21.5. The van der Waals surface area contributed by atoms with E-state index in [-0.39, 0.29) is 17.8 Å². The van der Waals surface area contributed by atoms with Crippen molar-refractivity contribution in [2.45, 2.75) is 63.2 Å². The lowest BCUT2D eigenvalue weighted by molar-refractivity contribution is 0.364. The summed E-state index contributed by atoms with van der Waals surface area (Å²) in [7, 11) is -3.35. The van der Waals surface area contributed by atoms with Gasteiger partial charge in [0, 0.05) is 17.5 Å². The Labute approximate surface area is 175 Å². The van der Waals surface area contributed by atoms with Gasteiger partial charge in [0.25, 0.3) is 0 Å². The Morgan fingerprint density at radius 2 is 1.73 bits per heavy atom. The monoisotopic (exact) mass is 431 g/mol. The van der Waals surface area contributed by atoms with Gasteiger partial charge in [-0.05, 0) is 70.7 Å². The van der Waals surface area contributed by atoms with Crippen LogP contribution in [0.15, 0.2) is 30.5 Å². The third kappa shape index (κ3) is 4.22. The van der Waals surface area contributed by atoms with E-state index in [1.807, 2.05) is 0 Å². The topological polar surface area (TPSA) is 101 Å². The second-order valence-electron chi connectivity index (χ2n) is 8.84. The molecule has 2 N–H and O–H groups in total. The molecule has 0 amide bonds. The summed E-state index contributed by atoms with van der Waals surface area (Å²) < 4.78 is 40.0. The Balaban J connectivity index is 1.46. The molecule has 160 valence electrons. The smallest absolute Gasteiger partial charge is 0.216 e. The number of nitrogens with one attached hydrogen (secondary N) is 2. The minimum absolute atomic E-state index is 0.0419. The van der Waals surface area contributed by atoms with Crippen LogP contribution in [-0.2, 0) is 10.0 Å². The molecule has 0 atom stereocenters. The van der Waals surface area contributed by atoms with Crippen molar-refractivity contribution in [3.8, 4) is 11.4 Å². The summed E-state index contributed by atoms with van der Waals surface area (Å²) in [6.07, 6.45) is 4.89. The van der Waals surface area contributed by atoms with Gasteiger partial charge in [0.1, 0.15) is 17.2 Å². The average molecular weight is 432 g/mol. The normalized spacial score (nSPS) is 20.5. The van der Waals surface area contributed by atoms with Crippen molar-refractivity contribution in [2.24, 2.45) is 0 Å². The van der Waals surface area contributed by atoms with Crippen LogP contribution in [0.1, 0.15) is 58.2 Å². The van der Waals surface area contributed by atoms with Gasteiger partial charge in [-0.2, -0.15) is 0 Å². The molecule has 0 unspecified atom stereocenters. The molecule has 1 fully saturated rings. The SMILES string of the molecule is CC(C)(C)S(=O)(=O)N[C@H]1CC[C@@H](c2nc3cnc(-c4ccc(F)cc4)nc3[nH]2)CC1. The largest absolute Gasteiger partial charge is 0.326 e. The molecular weight excluding hydrogens is 405 g/mol. The number of H-pyrrole nitrogens is 1. The minimum Gasteiger partial charge on any atom is -0.326 e. The highest BCUT2D eigenvalue weighted by Crippen LogP contribution is 2.33. The molecule has 9 heteroatoms.